The van der Waals surface area contributed by atoms with Crippen LogP contribution < -0.4 is 0 Å². The van der Waals surface area contributed by atoms with Crippen molar-refractivity contribution in [2.75, 3.05) is 7.05 Å². The Bertz CT molecular complexity index is 759. The van der Waals surface area contributed by atoms with Crippen molar-refractivity contribution < 1.29 is 4.79 Å². The zero-order chi connectivity index (χ0) is 14.1. The largest absolute Gasteiger partial charge is 0.333 e. The molecule has 1 aromatic carbocycles. The van der Waals surface area contributed by atoms with Gasteiger partial charge in [0.2, 0.25) is 0 Å². The third kappa shape index (κ3) is 2.13. The van der Waals surface area contributed by atoms with Crippen molar-refractivity contribution in [3.8, 4) is 0 Å². The Morgan fingerprint density at radius 3 is 2.80 bits per heavy atom. The third-order valence-electron chi connectivity index (χ3n) is 3.04. The summed E-state index contributed by atoms with van der Waals surface area (Å²) in [6, 6.07) is 7.54. The maximum Gasteiger partial charge on any atom is 0.275 e. The smallest absolute Gasteiger partial charge is 0.275 e. The fourth-order valence-electron chi connectivity index (χ4n) is 2.05. The topological polar surface area (TPSA) is 90.6 Å². The predicted octanol–water partition coefficient (Wildman–Crippen LogP) is 1.26. The quantitative estimate of drug-likeness (QED) is 0.749. The van der Waals surface area contributed by atoms with Crippen molar-refractivity contribution in [3.05, 3.63) is 41.6 Å². The van der Waals surface area contributed by atoms with Gasteiger partial charge >= 0.3 is 0 Å². The molecule has 0 saturated carbocycles. The molecule has 0 fully saturated rings. The van der Waals surface area contributed by atoms with Crippen LogP contribution in [0.4, 0.5) is 0 Å². The van der Waals surface area contributed by atoms with Crippen molar-refractivity contribution in [1.82, 2.24) is 30.3 Å². The molecule has 2 N–H and O–H groups in total. The number of carbonyl (C=O) groups excluding carboxylic acids is 1. The number of aryl methyl sites for hydroxylation is 1. The lowest BCUT2D eigenvalue weighted by molar-refractivity contribution is 0.0777. The Balaban J connectivity index is 1.84. The van der Waals surface area contributed by atoms with Crippen LogP contribution in [0.25, 0.3) is 10.9 Å². The minimum atomic E-state index is -0.162. The van der Waals surface area contributed by atoms with E-state index < -0.39 is 0 Å². The Labute approximate surface area is 115 Å². The predicted molar refractivity (Wildman–Crippen MR) is 73.0 cm³/mol. The van der Waals surface area contributed by atoms with Crippen LogP contribution in [-0.4, -0.2) is 43.2 Å². The lowest BCUT2D eigenvalue weighted by Crippen LogP contribution is -2.27. The number of aromatic amines is 2. The molecule has 102 valence electrons. The summed E-state index contributed by atoms with van der Waals surface area (Å²) >= 11 is 0. The Morgan fingerprint density at radius 2 is 2.05 bits per heavy atom. The number of para-hydroxylation sites is 1. The SMILES string of the molecule is Cc1nc(CN(C)C(=O)c2n[nH]c3ccccc23)n[nH]1. The highest BCUT2D eigenvalue weighted by Gasteiger charge is 2.19. The van der Waals surface area contributed by atoms with E-state index in [1.54, 1.807) is 11.9 Å². The van der Waals surface area contributed by atoms with Gasteiger partial charge < -0.3 is 4.90 Å². The molecule has 0 saturated heterocycles. The van der Waals surface area contributed by atoms with Gasteiger partial charge in [-0.1, -0.05) is 18.2 Å². The van der Waals surface area contributed by atoms with Gasteiger partial charge in [-0.15, -0.1) is 0 Å². The number of hydrogen-bond acceptors (Lipinski definition) is 4. The first-order valence-corrected chi connectivity index (χ1v) is 6.21. The van der Waals surface area contributed by atoms with Gasteiger partial charge in [0.05, 0.1) is 12.1 Å². The minimum Gasteiger partial charge on any atom is -0.333 e. The fourth-order valence-corrected chi connectivity index (χ4v) is 2.05. The molecular weight excluding hydrogens is 256 g/mol. The Kier molecular flexibility index (Phi) is 2.94. The van der Waals surface area contributed by atoms with Crippen molar-refractivity contribution in [3.63, 3.8) is 0 Å². The summed E-state index contributed by atoms with van der Waals surface area (Å²) in [6.45, 7) is 2.16. The number of nitrogens with one attached hydrogen (secondary N) is 2. The molecule has 7 nitrogen and oxygen atoms in total. The van der Waals surface area contributed by atoms with Crippen LogP contribution in [0.3, 0.4) is 0 Å². The molecule has 0 unspecified atom stereocenters. The molecule has 20 heavy (non-hydrogen) atoms. The van der Waals surface area contributed by atoms with Crippen LogP contribution in [0.2, 0.25) is 0 Å². The summed E-state index contributed by atoms with van der Waals surface area (Å²) in [5.41, 5.74) is 1.26. The number of H-pyrrole nitrogens is 2. The van der Waals surface area contributed by atoms with Gasteiger partial charge in [0.15, 0.2) is 11.5 Å². The van der Waals surface area contributed by atoms with Crippen molar-refractivity contribution >= 4 is 16.8 Å². The first kappa shape index (κ1) is 12.3. The molecule has 2 aromatic heterocycles. The molecular formula is C13H14N6O. The molecule has 7 heteroatoms. The third-order valence-corrected chi connectivity index (χ3v) is 3.04. The average molecular weight is 270 g/mol. The van der Waals surface area contributed by atoms with Gasteiger partial charge in [-0.2, -0.15) is 10.2 Å². The summed E-state index contributed by atoms with van der Waals surface area (Å²) in [5.74, 6) is 1.15. The van der Waals surface area contributed by atoms with E-state index >= 15 is 0 Å². The number of rotatable bonds is 3. The molecule has 0 aliphatic heterocycles. The van der Waals surface area contributed by atoms with Crippen LogP contribution in [0, 0.1) is 6.92 Å². The second kappa shape index (κ2) is 4.76. The standard InChI is InChI=1S/C13H14N6O/c1-8-14-11(17-15-8)7-19(2)13(20)12-9-5-3-4-6-10(9)16-18-12/h3-6H,7H2,1-2H3,(H,16,18)(H,14,15,17). The highest BCUT2D eigenvalue weighted by Crippen LogP contribution is 2.16. The first-order valence-electron chi connectivity index (χ1n) is 6.21. The fraction of sp³-hybridized carbons (Fsp3) is 0.231. The van der Waals surface area contributed by atoms with Crippen molar-refractivity contribution in [2.24, 2.45) is 0 Å². The lowest BCUT2D eigenvalue weighted by Gasteiger charge is -2.13. The second-order valence-electron chi connectivity index (χ2n) is 4.62. The van der Waals surface area contributed by atoms with Gasteiger partial charge in [-0.3, -0.25) is 15.0 Å². The van der Waals surface area contributed by atoms with Crippen LogP contribution in [0.5, 0.6) is 0 Å². The van der Waals surface area contributed by atoms with Gasteiger partial charge in [0.25, 0.3) is 5.91 Å². The summed E-state index contributed by atoms with van der Waals surface area (Å²) in [4.78, 5) is 18.1. The number of carbonyl (C=O) groups is 1. The highest BCUT2D eigenvalue weighted by atomic mass is 16.2. The average Bonchev–Trinajstić information content (AvgIpc) is 3.04. The van der Waals surface area contributed by atoms with E-state index in [1.807, 2.05) is 31.2 Å². The maximum absolute atomic E-state index is 12.4. The summed E-state index contributed by atoms with van der Waals surface area (Å²) in [6.07, 6.45) is 0. The molecule has 0 aliphatic carbocycles. The number of amides is 1. The lowest BCUT2D eigenvalue weighted by atomic mass is 10.2. The Hall–Kier alpha value is -2.70. The normalized spacial score (nSPS) is 10.9. The van der Waals surface area contributed by atoms with Crippen LogP contribution in [0.1, 0.15) is 22.1 Å². The monoisotopic (exact) mass is 270 g/mol. The summed E-state index contributed by atoms with van der Waals surface area (Å²) < 4.78 is 0. The number of hydrogen-bond donors (Lipinski definition) is 2. The van der Waals surface area contributed by atoms with E-state index in [1.165, 1.54) is 0 Å². The molecule has 3 aromatic rings. The van der Waals surface area contributed by atoms with Crippen LogP contribution >= 0.6 is 0 Å². The maximum atomic E-state index is 12.4. The number of fused-ring (bicyclic) bond motifs is 1. The molecule has 0 spiro atoms. The second-order valence-corrected chi connectivity index (χ2v) is 4.62. The summed E-state index contributed by atoms with van der Waals surface area (Å²) in [7, 11) is 1.71. The Morgan fingerprint density at radius 1 is 1.25 bits per heavy atom. The molecule has 0 atom stereocenters. The molecule has 0 aliphatic rings. The zero-order valence-electron chi connectivity index (χ0n) is 11.2. The first-order chi connectivity index (χ1) is 9.65. The highest BCUT2D eigenvalue weighted by molar-refractivity contribution is 6.04. The van der Waals surface area contributed by atoms with Gasteiger partial charge in [0, 0.05) is 12.4 Å². The van der Waals surface area contributed by atoms with Crippen molar-refractivity contribution in [1.29, 1.82) is 0 Å². The van der Waals surface area contributed by atoms with Crippen LogP contribution in [-0.2, 0) is 6.54 Å². The van der Waals surface area contributed by atoms with E-state index in [9.17, 15) is 4.79 Å². The minimum absolute atomic E-state index is 0.162. The molecule has 0 radical (unpaired) electrons. The van der Waals surface area contributed by atoms with E-state index in [-0.39, 0.29) is 5.91 Å². The number of nitrogens with zero attached hydrogens (tertiary/aromatic N) is 4. The van der Waals surface area contributed by atoms with Gasteiger partial charge in [-0.05, 0) is 13.0 Å². The number of benzene rings is 1. The van der Waals surface area contributed by atoms with Gasteiger partial charge in [0.1, 0.15) is 5.82 Å². The summed E-state index contributed by atoms with van der Waals surface area (Å²) in [5, 5.41) is 14.6. The van der Waals surface area contributed by atoms with Gasteiger partial charge in [-0.25, -0.2) is 4.98 Å². The molecule has 0 bridgehead atoms. The van der Waals surface area contributed by atoms with E-state index in [0.29, 0.717) is 18.1 Å². The van der Waals surface area contributed by atoms with E-state index in [2.05, 4.69) is 25.4 Å². The van der Waals surface area contributed by atoms with Crippen LogP contribution in [0.15, 0.2) is 24.3 Å². The molecule has 1 amide bonds. The molecule has 2 heterocycles. The molecule has 3 rings (SSSR count). The van der Waals surface area contributed by atoms with E-state index in [0.717, 1.165) is 16.7 Å². The van der Waals surface area contributed by atoms with Crippen molar-refractivity contribution in [2.45, 2.75) is 13.5 Å². The zero-order valence-corrected chi connectivity index (χ0v) is 11.2. The number of aromatic nitrogens is 5. The van der Waals surface area contributed by atoms with E-state index in [4.69, 9.17) is 0 Å².